The quantitative estimate of drug-likeness (QED) is 0.574. The van der Waals surface area contributed by atoms with Crippen LogP contribution in [0.15, 0.2) is 22.8 Å². The maximum atomic E-state index is 12.9. The Kier molecular flexibility index (Phi) is 6.70. The van der Waals surface area contributed by atoms with Gasteiger partial charge < -0.3 is 9.88 Å². The molecule has 1 aromatic heterocycles. The van der Waals surface area contributed by atoms with Crippen molar-refractivity contribution in [3.8, 4) is 0 Å². The fraction of sp³-hybridized carbons (Fsp3) is 0.375. The van der Waals surface area contributed by atoms with E-state index in [1.165, 1.54) is 4.57 Å². The van der Waals surface area contributed by atoms with Crippen molar-refractivity contribution in [1.82, 2.24) is 14.9 Å². The number of hydrogen-bond acceptors (Lipinski definition) is 2. The minimum absolute atomic E-state index is 0.0742. The molecule has 0 saturated heterocycles. The highest BCUT2D eigenvalue weighted by Gasteiger charge is 2.38. The van der Waals surface area contributed by atoms with Gasteiger partial charge >= 0.3 is 12.4 Å². The number of amides is 1. The molecule has 0 saturated carbocycles. The zero-order valence-corrected chi connectivity index (χ0v) is 16.5. The second-order valence-electron chi connectivity index (χ2n) is 5.59. The van der Waals surface area contributed by atoms with Gasteiger partial charge in [0, 0.05) is 19.5 Å². The van der Waals surface area contributed by atoms with E-state index >= 15 is 0 Å². The van der Waals surface area contributed by atoms with E-state index in [0.717, 1.165) is 18.2 Å². The second kappa shape index (κ2) is 8.32. The number of carbonyl (C=O) groups is 1. The molecule has 0 radical (unpaired) electrons. The molecule has 1 aromatic carbocycles. The van der Waals surface area contributed by atoms with Crippen LogP contribution in [0.1, 0.15) is 34.4 Å². The van der Waals surface area contributed by atoms with Crippen molar-refractivity contribution in [3.05, 3.63) is 50.5 Å². The summed E-state index contributed by atoms with van der Waals surface area (Å²) < 4.78 is 78.4. The third-order valence-corrected chi connectivity index (χ3v) is 4.95. The Morgan fingerprint density at radius 2 is 1.86 bits per heavy atom. The number of rotatable bonds is 5. The van der Waals surface area contributed by atoms with Crippen LogP contribution in [0, 0.1) is 0 Å². The van der Waals surface area contributed by atoms with Gasteiger partial charge in [0.2, 0.25) is 0 Å². The molecule has 4 nitrogen and oxygen atoms in total. The topological polar surface area (TPSA) is 46.9 Å². The molecule has 1 heterocycles. The maximum absolute atomic E-state index is 12.9. The van der Waals surface area contributed by atoms with Crippen molar-refractivity contribution < 1.29 is 31.1 Å². The van der Waals surface area contributed by atoms with E-state index in [4.69, 9.17) is 11.6 Å². The van der Waals surface area contributed by atoms with Crippen LogP contribution < -0.4 is 5.32 Å². The van der Waals surface area contributed by atoms with Crippen LogP contribution in [0.4, 0.5) is 26.3 Å². The minimum atomic E-state index is -4.72. The standard InChI is InChI=1S/C16H13BrClF6N3O/c1-2-10-26-12(16(22,23)24)13(17)27(10)7-6-25-14(28)8-4-3-5-9(11(8)18)15(19,20)21/h3-5H,2,6-7H2,1H3,(H,25,28). The van der Waals surface area contributed by atoms with E-state index in [2.05, 4.69) is 26.2 Å². The van der Waals surface area contributed by atoms with Crippen molar-refractivity contribution >= 4 is 33.4 Å². The van der Waals surface area contributed by atoms with Crippen molar-refractivity contribution in [2.75, 3.05) is 6.54 Å². The van der Waals surface area contributed by atoms with E-state index in [-0.39, 0.29) is 35.5 Å². The molecule has 0 aliphatic rings. The van der Waals surface area contributed by atoms with Crippen LogP contribution in [0.25, 0.3) is 0 Å². The van der Waals surface area contributed by atoms with Gasteiger partial charge in [0.25, 0.3) is 5.91 Å². The highest BCUT2D eigenvalue weighted by Crippen LogP contribution is 2.36. The third-order valence-electron chi connectivity index (χ3n) is 3.74. The number of aromatic nitrogens is 2. The summed E-state index contributed by atoms with van der Waals surface area (Å²) in [4.78, 5) is 15.7. The van der Waals surface area contributed by atoms with Crippen molar-refractivity contribution in [2.45, 2.75) is 32.2 Å². The SMILES string of the molecule is CCc1nc(C(F)(F)F)c(Br)n1CCNC(=O)c1cccc(C(F)(F)F)c1Cl. The highest BCUT2D eigenvalue weighted by molar-refractivity contribution is 9.10. The molecule has 0 bridgehead atoms. The number of imidazole rings is 1. The van der Waals surface area contributed by atoms with Gasteiger partial charge in [-0.15, -0.1) is 0 Å². The molecule has 154 valence electrons. The molecule has 0 aliphatic heterocycles. The average Bonchev–Trinajstić information content (AvgIpc) is 2.90. The van der Waals surface area contributed by atoms with E-state index in [1.807, 2.05) is 0 Å². The molecular weight excluding hydrogens is 480 g/mol. The molecule has 28 heavy (non-hydrogen) atoms. The molecule has 2 aromatic rings. The zero-order valence-electron chi connectivity index (χ0n) is 14.2. The summed E-state index contributed by atoms with van der Waals surface area (Å²) in [5.74, 6) is -0.730. The fourth-order valence-corrected chi connectivity index (χ4v) is 3.47. The Balaban J connectivity index is 2.15. The normalized spacial score (nSPS) is 12.3. The molecule has 1 N–H and O–H groups in total. The van der Waals surface area contributed by atoms with Gasteiger partial charge in [-0.3, -0.25) is 4.79 Å². The lowest BCUT2D eigenvalue weighted by atomic mass is 10.1. The van der Waals surface area contributed by atoms with Gasteiger partial charge in [0.05, 0.1) is 16.1 Å². The predicted molar refractivity (Wildman–Crippen MR) is 93.1 cm³/mol. The van der Waals surface area contributed by atoms with Crippen molar-refractivity contribution in [2.24, 2.45) is 0 Å². The lowest BCUT2D eigenvalue weighted by molar-refractivity contribution is -0.141. The molecule has 2 rings (SSSR count). The van der Waals surface area contributed by atoms with Crippen LogP contribution >= 0.6 is 27.5 Å². The first-order chi connectivity index (χ1) is 12.9. The first-order valence-corrected chi connectivity index (χ1v) is 9.01. The molecule has 1 amide bonds. The largest absolute Gasteiger partial charge is 0.436 e. The van der Waals surface area contributed by atoms with Crippen LogP contribution in [-0.4, -0.2) is 22.0 Å². The summed E-state index contributed by atoms with van der Waals surface area (Å²) in [6.45, 7) is 1.40. The summed E-state index contributed by atoms with van der Waals surface area (Å²) in [5.41, 5.74) is -2.62. The van der Waals surface area contributed by atoms with E-state index in [9.17, 15) is 31.1 Å². The number of carbonyl (C=O) groups excluding carboxylic acids is 1. The van der Waals surface area contributed by atoms with Crippen LogP contribution in [-0.2, 0) is 25.3 Å². The molecular formula is C16H13BrClF6N3O. The summed E-state index contributed by atoms with van der Waals surface area (Å²) in [6.07, 6.45) is -9.16. The molecule has 0 atom stereocenters. The molecule has 0 aliphatic carbocycles. The number of benzene rings is 1. The molecule has 0 spiro atoms. The van der Waals surface area contributed by atoms with Crippen molar-refractivity contribution in [1.29, 1.82) is 0 Å². The Morgan fingerprint density at radius 3 is 2.39 bits per heavy atom. The first-order valence-electron chi connectivity index (χ1n) is 7.83. The van der Waals surface area contributed by atoms with Crippen LogP contribution in [0.5, 0.6) is 0 Å². The smallest absolute Gasteiger partial charge is 0.350 e. The number of nitrogens with zero attached hydrogens (tertiary/aromatic N) is 2. The lowest BCUT2D eigenvalue weighted by Gasteiger charge is -2.13. The summed E-state index contributed by atoms with van der Waals surface area (Å²) in [6, 6.07) is 2.91. The average molecular weight is 493 g/mol. The molecule has 0 unspecified atom stereocenters. The predicted octanol–water partition coefficient (Wildman–Crippen LogP) is 5.33. The number of aryl methyl sites for hydroxylation is 1. The lowest BCUT2D eigenvalue weighted by Crippen LogP contribution is -2.28. The number of hydrogen-bond donors (Lipinski definition) is 1. The molecule has 0 fully saturated rings. The van der Waals surface area contributed by atoms with Crippen molar-refractivity contribution in [3.63, 3.8) is 0 Å². The summed E-state index contributed by atoms with van der Waals surface area (Å²) >= 11 is 8.54. The van der Waals surface area contributed by atoms with Crippen LogP contribution in [0.3, 0.4) is 0 Å². The van der Waals surface area contributed by atoms with Gasteiger partial charge in [-0.2, -0.15) is 26.3 Å². The number of halogens is 8. The van der Waals surface area contributed by atoms with Gasteiger partial charge in [0.15, 0.2) is 5.69 Å². The Morgan fingerprint density at radius 1 is 1.21 bits per heavy atom. The summed E-state index contributed by atoms with van der Waals surface area (Å²) in [5, 5.41) is 1.61. The number of alkyl halides is 6. The maximum Gasteiger partial charge on any atom is 0.436 e. The Hall–Kier alpha value is -1.75. The molecule has 12 heteroatoms. The zero-order chi connectivity index (χ0) is 21.3. The van der Waals surface area contributed by atoms with Gasteiger partial charge in [-0.1, -0.05) is 24.6 Å². The van der Waals surface area contributed by atoms with E-state index in [0.29, 0.717) is 0 Å². The Labute approximate surface area is 169 Å². The summed E-state index contributed by atoms with van der Waals surface area (Å²) in [7, 11) is 0. The van der Waals surface area contributed by atoms with Gasteiger partial charge in [0.1, 0.15) is 10.4 Å². The van der Waals surface area contributed by atoms with E-state index in [1.54, 1.807) is 6.92 Å². The number of nitrogens with one attached hydrogen (secondary N) is 1. The third kappa shape index (κ3) is 4.80. The van der Waals surface area contributed by atoms with E-state index < -0.39 is 34.5 Å². The van der Waals surface area contributed by atoms with Gasteiger partial charge in [-0.25, -0.2) is 4.98 Å². The van der Waals surface area contributed by atoms with Gasteiger partial charge in [-0.05, 0) is 28.1 Å². The monoisotopic (exact) mass is 491 g/mol. The second-order valence-corrected chi connectivity index (χ2v) is 6.72. The Bertz CT molecular complexity index is 878. The minimum Gasteiger partial charge on any atom is -0.350 e. The highest BCUT2D eigenvalue weighted by atomic mass is 79.9. The van der Waals surface area contributed by atoms with Crippen LogP contribution in [0.2, 0.25) is 5.02 Å². The first kappa shape index (κ1) is 22.5. The fourth-order valence-electron chi connectivity index (χ4n) is 2.46.